The molecule has 39 heavy (non-hydrogen) atoms. The van der Waals surface area contributed by atoms with Crippen LogP contribution >= 0.6 is 0 Å². The number of aromatic nitrogens is 3. The van der Waals surface area contributed by atoms with Gasteiger partial charge in [-0.05, 0) is 76.0 Å². The Balaban J connectivity index is 1.50. The number of fused-ring (bicyclic) bond motifs is 1. The zero-order valence-electron chi connectivity index (χ0n) is 23.1. The SMILES string of the molecule is Cc1nc2cc(-c3cccc(-c4ccccc4)c3)nn2c(N2CCC3(CC2)CC3)c1[C@H](OC(C)(C)C)C(=O)O. The summed E-state index contributed by atoms with van der Waals surface area (Å²) in [5.74, 6) is -0.232. The van der Waals surface area contributed by atoms with Crippen LogP contribution in [0.25, 0.3) is 28.0 Å². The Morgan fingerprint density at radius 3 is 2.26 bits per heavy atom. The summed E-state index contributed by atoms with van der Waals surface area (Å²) in [5, 5.41) is 15.4. The van der Waals surface area contributed by atoms with Crippen LogP contribution in [-0.4, -0.2) is 44.4 Å². The smallest absolute Gasteiger partial charge is 0.337 e. The van der Waals surface area contributed by atoms with Gasteiger partial charge in [-0.25, -0.2) is 9.78 Å². The first-order valence-corrected chi connectivity index (χ1v) is 13.8. The number of ether oxygens (including phenoxy) is 1. The fourth-order valence-corrected chi connectivity index (χ4v) is 5.81. The third kappa shape index (κ3) is 5.03. The number of anilines is 1. The summed E-state index contributed by atoms with van der Waals surface area (Å²) in [5.41, 5.74) is 5.85. The molecule has 202 valence electrons. The van der Waals surface area contributed by atoms with Crippen LogP contribution in [0.4, 0.5) is 5.82 Å². The van der Waals surface area contributed by atoms with Crippen LogP contribution in [0.5, 0.6) is 0 Å². The zero-order chi connectivity index (χ0) is 27.4. The Morgan fingerprint density at radius 2 is 1.62 bits per heavy atom. The number of benzene rings is 2. The Morgan fingerprint density at radius 1 is 0.949 bits per heavy atom. The lowest BCUT2D eigenvalue weighted by molar-refractivity contribution is -0.160. The van der Waals surface area contributed by atoms with E-state index in [0.29, 0.717) is 22.3 Å². The molecule has 1 aliphatic carbocycles. The number of carbonyl (C=O) groups is 1. The first-order chi connectivity index (χ1) is 18.6. The van der Waals surface area contributed by atoms with Gasteiger partial charge < -0.3 is 14.7 Å². The topological polar surface area (TPSA) is 80.0 Å². The van der Waals surface area contributed by atoms with Gasteiger partial charge in [-0.2, -0.15) is 9.61 Å². The average molecular weight is 525 g/mol. The molecule has 0 unspecified atom stereocenters. The third-order valence-electron chi connectivity index (χ3n) is 8.11. The molecule has 6 rings (SSSR count). The third-order valence-corrected chi connectivity index (χ3v) is 8.11. The maximum Gasteiger partial charge on any atom is 0.337 e. The minimum atomic E-state index is -1.15. The van der Waals surface area contributed by atoms with Gasteiger partial charge in [-0.1, -0.05) is 48.5 Å². The molecule has 2 aromatic carbocycles. The molecule has 4 aromatic rings. The molecule has 7 nitrogen and oxygen atoms in total. The quantitative estimate of drug-likeness (QED) is 0.303. The van der Waals surface area contributed by atoms with Gasteiger partial charge in [0.2, 0.25) is 0 Å². The second-order valence-electron chi connectivity index (χ2n) is 12.1. The normalized spacial score (nSPS) is 17.5. The van der Waals surface area contributed by atoms with Crippen LogP contribution in [0.15, 0.2) is 60.7 Å². The van der Waals surface area contributed by atoms with E-state index in [1.807, 2.05) is 62.5 Å². The highest BCUT2D eigenvalue weighted by molar-refractivity contribution is 5.79. The van der Waals surface area contributed by atoms with Crippen molar-refractivity contribution in [2.75, 3.05) is 18.0 Å². The molecule has 1 saturated carbocycles. The van der Waals surface area contributed by atoms with Crippen molar-refractivity contribution >= 4 is 17.4 Å². The maximum atomic E-state index is 12.6. The number of carboxylic acids is 1. The highest BCUT2D eigenvalue weighted by Crippen LogP contribution is 2.54. The molecular formula is C32H36N4O3. The Hall–Kier alpha value is -3.71. The van der Waals surface area contributed by atoms with E-state index in [4.69, 9.17) is 14.8 Å². The number of piperidine rings is 1. The van der Waals surface area contributed by atoms with Crippen LogP contribution in [0, 0.1) is 12.3 Å². The molecule has 2 aliphatic rings. The highest BCUT2D eigenvalue weighted by atomic mass is 16.5. The molecule has 3 heterocycles. The largest absolute Gasteiger partial charge is 0.479 e. The monoisotopic (exact) mass is 524 g/mol. The highest BCUT2D eigenvalue weighted by Gasteiger charge is 2.45. The molecule has 1 atom stereocenters. The number of hydrogen-bond donors (Lipinski definition) is 1. The summed E-state index contributed by atoms with van der Waals surface area (Å²) in [7, 11) is 0. The van der Waals surface area contributed by atoms with Crippen LogP contribution in [-0.2, 0) is 9.53 Å². The van der Waals surface area contributed by atoms with Crippen molar-refractivity contribution in [3.8, 4) is 22.4 Å². The molecule has 0 amide bonds. The number of nitrogens with zero attached hydrogens (tertiary/aromatic N) is 4. The number of carboxylic acid groups (broad SMARTS) is 1. The zero-order valence-corrected chi connectivity index (χ0v) is 23.1. The molecular weight excluding hydrogens is 488 g/mol. The van der Waals surface area contributed by atoms with Gasteiger partial charge >= 0.3 is 5.97 Å². The van der Waals surface area contributed by atoms with Crippen LogP contribution in [0.2, 0.25) is 0 Å². The van der Waals surface area contributed by atoms with Crippen molar-refractivity contribution in [2.45, 2.75) is 65.1 Å². The van der Waals surface area contributed by atoms with E-state index < -0.39 is 17.7 Å². The lowest BCUT2D eigenvalue weighted by Crippen LogP contribution is -2.38. The summed E-state index contributed by atoms with van der Waals surface area (Å²) in [6, 6.07) is 20.6. The molecule has 7 heteroatoms. The Labute approximate surface area is 229 Å². The number of aryl methyl sites for hydroxylation is 1. The Kier molecular flexibility index (Phi) is 6.22. The lowest BCUT2D eigenvalue weighted by atomic mass is 9.93. The number of hydrogen-bond acceptors (Lipinski definition) is 5. The van der Waals surface area contributed by atoms with Gasteiger partial charge in [0.15, 0.2) is 11.8 Å². The van der Waals surface area contributed by atoms with Crippen LogP contribution in [0.1, 0.15) is 63.8 Å². The summed E-state index contributed by atoms with van der Waals surface area (Å²) in [4.78, 5) is 19.8. The first kappa shape index (κ1) is 25.6. The second kappa shape index (κ2) is 9.49. The van der Waals surface area contributed by atoms with E-state index in [1.165, 1.54) is 12.8 Å². The van der Waals surface area contributed by atoms with E-state index in [0.717, 1.165) is 54.1 Å². The van der Waals surface area contributed by atoms with Crippen LogP contribution in [0.3, 0.4) is 0 Å². The second-order valence-corrected chi connectivity index (χ2v) is 12.1. The Bertz CT molecular complexity index is 1520. The van der Waals surface area contributed by atoms with E-state index in [2.05, 4.69) is 35.2 Å². The van der Waals surface area contributed by atoms with Crippen molar-refractivity contribution in [3.05, 3.63) is 71.9 Å². The maximum absolute atomic E-state index is 12.6. The van der Waals surface area contributed by atoms with Crippen molar-refractivity contribution in [1.82, 2.24) is 14.6 Å². The number of aliphatic carboxylic acids is 1. The molecule has 1 saturated heterocycles. The van der Waals surface area contributed by atoms with Gasteiger partial charge in [-0.15, -0.1) is 0 Å². The number of rotatable bonds is 6. The van der Waals surface area contributed by atoms with Crippen molar-refractivity contribution in [3.63, 3.8) is 0 Å². The van der Waals surface area contributed by atoms with E-state index in [1.54, 1.807) is 0 Å². The van der Waals surface area contributed by atoms with E-state index >= 15 is 0 Å². The molecule has 1 aliphatic heterocycles. The minimum absolute atomic E-state index is 0.485. The van der Waals surface area contributed by atoms with Gasteiger partial charge in [0, 0.05) is 30.4 Å². The van der Waals surface area contributed by atoms with Crippen molar-refractivity contribution < 1.29 is 14.6 Å². The lowest BCUT2D eigenvalue weighted by Gasteiger charge is -2.36. The molecule has 1 N–H and O–H groups in total. The van der Waals surface area contributed by atoms with E-state index in [-0.39, 0.29) is 0 Å². The molecule has 0 bridgehead atoms. The predicted octanol–water partition coefficient (Wildman–Crippen LogP) is 6.69. The van der Waals surface area contributed by atoms with Crippen molar-refractivity contribution in [2.24, 2.45) is 5.41 Å². The fraction of sp³-hybridized carbons (Fsp3) is 0.406. The van der Waals surface area contributed by atoms with Gasteiger partial charge in [0.05, 0.1) is 16.9 Å². The average Bonchev–Trinajstić information content (AvgIpc) is 3.53. The van der Waals surface area contributed by atoms with Gasteiger partial charge in [-0.3, -0.25) is 0 Å². The summed E-state index contributed by atoms with van der Waals surface area (Å²) in [6.07, 6.45) is 3.67. The molecule has 0 radical (unpaired) electrons. The fourth-order valence-electron chi connectivity index (χ4n) is 5.81. The first-order valence-electron chi connectivity index (χ1n) is 13.8. The van der Waals surface area contributed by atoms with Gasteiger partial charge in [0.1, 0.15) is 5.82 Å². The standard InChI is InChI=1S/C32H36N4O3/c1-21-27(28(30(37)38)39-31(2,3)4)29(35-17-15-32(13-14-32)16-18-35)36-26(33-21)20-25(34-36)24-12-8-11-23(19-24)22-9-6-5-7-10-22/h5-12,19-20,28H,13-18H2,1-4H3,(H,37,38)/t28-/m0/s1. The summed E-state index contributed by atoms with van der Waals surface area (Å²) >= 11 is 0. The van der Waals surface area contributed by atoms with Crippen LogP contribution < -0.4 is 4.90 Å². The summed E-state index contributed by atoms with van der Waals surface area (Å²) in [6.45, 7) is 9.27. The minimum Gasteiger partial charge on any atom is -0.479 e. The molecule has 2 fully saturated rings. The van der Waals surface area contributed by atoms with Crippen molar-refractivity contribution in [1.29, 1.82) is 0 Å². The molecule has 2 aromatic heterocycles. The molecule has 1 spiro atoms. The van der Waals surface area contributed by atoms with Gasteiger partial charge in [0.25, 0.3) is 0 Å². The van der Waals surface area contributed by atoms with E-state index in [9.17, 15) is 9.90 Å². The summed E-state index contributed by atoms with van der Waals surface area (Å²) < 4.78 is 8.00. The predicted molar refractivity (Wildman–Crippen MR) is 153 cm³/mol.